The molecule has 1 aliphatic rings. The lowest BCUT2D eigenvalue weighted by Crippen LogP contribution is -2.43. The predicted molar refractivity (Wildman–Crippen MR) is 55.4 cm³/mol. The Labute approximate surface area is 87.7 Å². The molecule has 0 aliphatic carbocycles. The number of carboxylic acid groups (broad SMARTS) is 1. The summed E-state index contributed by atoms with van der Waals surface area (Å²) in [6.45, 7) is 3.57. The lowest BCUT2D eigenvalue weighted by atomic mass is 10.2. The highest BCUT2D eigenvalue weighted by molar-refractivity contribution is 8.00. The van der Waals surface area contributed by atoms with E-state index >= 15 is 0 Å². The zero-order valence-electron chi connectivity index (χ0n) is 8.23. The number of nitrogens with zero attached hydrogens (tertiary/aromatic N) is 1. The zero-order chi connectivity index (χ0) is 10.6. The monoisotopic (exact) mass is 217 g/mol. The van der Waals surface area contributed by atoms with E-state index in [0.29, 0.717) is 5.75 Å². The van der Waals surface area contributed by atoms with Gasteiger partial charge in [0.05, 0.1) is 12.2 Å². The molecule has 4 nitrogen and oxygen atoms in total. The molecule has 0 aromatic rings. The average Bonchev–Trinajstić information content (AvgIpc) is 1.96. The van der Waals surface area contributed by atoms with Gasteiger partial charge in [0.25, 0.3) is 0 Å². The number of hydrogen-bond acceptors (Lipinski definition) is 3. The number of hydrogen-bond donors (Lipinski definition) is 1. The molecule has 1 rings (SSSR count). The quantitative estimate of drug-likeness (QED) is 0.740. The van der Waals surface area contributed by atoms with Gasteiger partial charge in [0.15, 0.2) is 0 Å². The summed E-state index contributed by atoms with van der Waals surface area (Å²) in [5.74, 6) is -0.256. The summed E-state index contributed by atoms with van der Waals surface area (Å²) in [6, 6.07) is 0. The highest BCUT2D eigenvalue weighted by Gasteiger charge is 2.20. The van der Waals surface area contributed by atoms with Crippen LogP contribution < -0.4 is 0 Å². The van der Waals surface area contributed by atoms with Gasteiger partial charge in [-0.2, -0.15) is 0 Å². The maximum absolute atomic E-state index is 11.4. The second-order valence-corrected chi connectivity index (χ2v) is 4.88. The van der Waals surface area contributed by atoms with Crippen molar-refractivity contribution in [3.8, 4) is 0 Å². The number of carbonyl (C=O) groups is 2. The maximum atomic E-state index is 11.4. The Morgan fingerprint density at radius 2 is 2.14 bits per heavy atom. The number of carboxylic acids is 1. The Morgan fingerprint density at radius 1 is 1.50 bits per heavy atom. The van der Waals surface area contributed by atoms with E-state index in [2.05, 4.69) is 0 Å². The standard InChI is InChI=1S/C9H15NO3S/c1-7(5-9(12)13)14-6-8(11)10-3-2-4-10/h7H,2-6H2,1H3,(H,12,13). The number of amides is 1. The average molecular weight is 217 g/mol. The highest BCUT2D eigenvalue weighted by atomic mass is 32.2. The van der Waals surface area contributed by atoms with Crippen LogP contribution >= 0.6 is 11.8 Å². The first-order valence-electron chi connectivity index (χ1n) is 4.71. The predicted octanol–water partition coefficient (Wildman–Crippen LogP) is 0.815. The molecule has 5 heteroatoms. The number of carbonyl (C=O) groups excluding carboxylic acids is 1. The first-order valence-corrected chi connectivity index (χ1v) is 5.75. The summed E-state index contributed by atoms with van der Waals surface area (Å²) in [7, 11) is 0. The number of rotatable bonds is 5. The van der Waals surface area contributed by atoms with Gasteiger partial charge in [0.1, 0.15) is 0 Å². The lowest BCUT2D eigenvalue weighted by molar-refractivity contribution is -0.137. The van der Waals surface area contributed by atoms with Crippen molar-refractivity contribution in [2.24, 2.45) is 0 Å². The lowest BCUT2D eigenvalue weighted by Gasteiger charge is -2.31. The van der Waals surface area contributed by atoms with Gasteiger partial charge in [-0.25, -0.2) is 0 Å². The molecule has 0 bridgehead atoms. The molecule has 1 N–H and O–H groups in total. The van der Waals surface area contributed by atoms with Gasteiger partial charge in [0.2, 0.25) is 5.91 Å². The summed E-state index contributed by atoms with van der Waals surface area (Å²) in [5.41, 5.74) is 0. The maximum Gasteiger partial charge on any atom is 0.304 e. The fraction of sp³-hybridized carbons (Fsp3) is 0.778. The first-order chi connectivity index (χ1) is 6.59. The van der Waals surface area contributed by atoms with Gasteiger partial charge in [-0.05, 0) is 6.42 Å². The minimum absolute atomic E-state index is 0.0118. The van der Waals surface area contributed by atoms with E-state index in [1.165, 1.54) is 11.8 Å². The molecule has 1 amide bonds. The van der Waals surface area contributed by atoms with Crippen LogP contribution in [0.2, 0.25) is 0 Å². The van der Waals surface area contributed by atoms with E-state index in [1.807, 2.05) is 6.92 Å². The second-order valence-electron chi connectivity index (χ2n) is 3.45. The van der Waals surface area contributed by atoms with E-state index in [1.54, 1.807) is 4.90 Å². The van der Waals surface area contributed by atoms with Gasteiger partial charge < -0.3 is 10.0 Å². The van der Waals surface area contributed by atoms with Crippen molar-refractivity contribution in [2.75, 3.05) is 18.8 Å². The Morgan fingerprint density at radius 3 is 2.57 bits per heavy atom. The van der Waals surface area contributed by atoms with Crippen molar-refractivity contribution in [2.45, 2.75) is 25.0 Å². The van der Waals surface area contributed by atoms with Crippen LogP contribution in [0.5, 0.6) is 0 Å². The van der Waals surface area contributed by atoms with Gasteiger partial charge in [-0.3, -0.25) is 9.59 Å². The molecular weight excluding hydrogens is 202 g/mol. The molecule has 1 atom stereocenters. The van der Waals surface area contributed by atoms with E-state index in [0.717, 1.165) is 19.5 Å². The van der Waals surface area contributed by atoms with Crippen molar-refractivity contribution >= 4 is 23.6 Å². The van der Waals surface area contributed by atoms with E-state index in [-0.39, 0.29) is 17.6 Å². The molecule has 1 heterocycles. The van der Waals surface area contributed by atoms with Crippen molar-refractivity contribution in [1.29, 1.82) is 0 Å². The molecule has 1 fully saturated rings. The third kappa shape index (κ3) is 3.57. The number of aliphatic carboxylic acids is 1. The minimum Gasteiger partial charge on any atom is -0.481 e. The molecule has 0 radical (unpaired) electrons. The zero-order valence-corrected chi connectivity index (χ0v) is 9.05. The molecule has 0 spiro atoms. The van der Waals surface area contributed by atoms with Crippen LogP contribution in [-0.4, -0.2) is 46.0 Å². The van der Waals surface area contributed by atoms with Crippen LogP contribution in [0.1, 0.15) is 19.8 Å². The topological polar surface area (TPSA) is 57.6 Å². The van der Waals surface area contributed by atoms with Crippen LogP contribution in [0, 0.1) is 0 Å². The summed E-state index contributed by atoms with van der Waals surface area (Å²) < 4.78 is 0. The van der Waals surface area contributed by atoms with E-state index in [9.17, 15) is 9.59 Å². The van der Waals surface area contributed by atoms with Crippen LogP contribution in [0.25, 0.3) is 0 Å². The van der Waals surface area contributed by atoms with E-state index < -0.39 is 5.97 Å². The summed E-state index contributed by atoms with van der Waals surface area (Å²) >= 11 is 1.42. The Balaban J connectivity index is 2.12. The molecule has 80 valence electrons. The Kier molecular flexibility index (Phi) is 4.25. The summed E-state index contributed by atoms with van der Waals surface area (Å²) in [6.07, 6.45) is 1.22. The molecule has 0 aromatic carbocycles. The third-order valence-electron chi connectivity index (χ3n) is 2.16. The molecular formula is C9H15NO3S. The van der Waals surface area contributed by atoms with Crippen molar-refractivity contribution in [3.63, 3.8) is 0 Å². The normalized spacial score (nSPS) is 17.4. The number of thioether (sulfide) groups is 1. The fourth-order valence-corrected chi connectivity index (χ4v) is 2.05. The molecule has 0 saturated carbocycles. The van der Waals surface area contributed by atoms with Crippen LogP contribution in [0.15, 0.2) is 0 Å². The summed E-state index contributed by atoms with van der Waals surface area (Å²) in [4.78, 5) is 23.5. The van der Waals surface area contributed by atoms with Crippen molar-refractivity contribution in [3.05, 3.63) is 0 Å². The van der Waals surface area contributed by atoms with Gasteiger partial charge >= 0.3 is 5.97 Å². The van der Waals surface area contributed by atoms with Crippen LogP contribution in [0.4, 0.5) is 0 Å². The SMILES string of the molecule is CC(CC(=O)O)SCC(=O)N1CCC1. The fourth-order valence-electron chi connectivity index (χ4n) is 1.18. The van der Waals surface area contributed by atoms with Crippen molar-refractivity contribution in [1.82, 2.24) is 4.90 Å². The van der Waals surface area contributed by atoms with Crippen molar-refractivity contribution < 1.29 is 14.7 Å². The molecule has 14 heavy (non-hydrogen) atoms. The largest absolute Gasteiger partial charge is 0.481 e. The minimum atomic E-state index is -0.804. The third-order valence-corrected chi connectivity index (χ3v) is 3.31. The van der Waals surface area contributed by atoms with Gasteiger partial charge in [-0.1, -0.05) is 6.92 Å². The summed E-state index contributed by atoms with van der Waals surface area (Å²) in [5, 5.41) is 8.52. The highest BCUT2D eigenvalue weighted by Crippen LogP contribution is 2.16. The molecule has 1 saturated heterocycles. The molecule has 1 aliphatic heterocycles. The molecule has 0 aromatic heterocycles. The first kappa shape index (κ1) is 11.4. The second kappa shape index (κ2) is 5.24. The van der Waals surface area contributed by atoms with Crippen LogP contribution in [-0.2, 0) is 9.59 Å². The van der Waals surface area contributed by atoms with Gasteiger partial charge in [0, 0.05) is 18.3 Å². The molecule has 1 unspecified atom stereocenters. The Hall–Kier alpha value is -0.710. The smallest absolute Gasteiger partial charge is 0.304 e. The van der Waals surface area contributed by atoms with Crippen LogP contribution in [0.3, 0.4) is 0 Å². The Bertz CT molecular complexity index is 228. The van der Waals surface area contributed by atoms with E-state index in [4.69, 9.17) is 5.11 Å². The number of likely N-dealkylation sites (tertiary alicyclic amines) is 1. The van der Waals surface area contributed by atoms with Gasteiger partial charge in [-0.15, -0.1) is 11.8 Å².